The number of carbonyl (C=O) groups is 1. The second kappa shape index (κ2) is 12.9. The van der Waals surface area contributed by atoms with Crippen LogP contribution in [-0.2, 0) is 23.7 Å². The molecular formula is C41H66O11. The summed E-state index contributed by atoms with van der Waals surface area (Å²) in [7, 11) is 0. The summed E-state index contributed by atoms with van der Waals surface area (Å²) in [6.45, 7) is 18.1. The molecule has 52 heavy (non-hydrogen) atoms. The smallest absolute Gasteiger partial charge is 0.310 e. The Bertz CT molecular complexity index is 1410. The van der Waals surface area contributed by atoms with Crippen molar-refractivity contribution in [2.75, 3.05) is 6.61 Å². The van der Waals surface area contributed by atoms with E-state index in [1.165, 1.54) is 5.57 Å². The maximum absolute atomic E-state index is 13.0. The number of allylic oxidation sites excluding steroid dienone is 2. The molecule has 4 saturated carbocycles. The molecule has 11 heteroatoms. The number of aliphatic carboxylic acids is 1. The summed E-state index contributed by atoms with van der Waals surface area (Å²) in [6, 6.07) is 0. The van der Waals surface area contributed by atoms with Crippen molar-refractivity contribution in [1.29, 1.82) is 0 Å². The normalized spacial score (nSPS) is 54.1. The van der Waals surface area contributed by atoms with Crippen molar-refractivity contribution in [3.63, 3.8) is 0 Å². The van der Waals surface area contributed by atoms with E-state index in [0.717, 1.165) is 64.2 Å². The van der Waals surface area contributed by atoms with Gasteiger partial charge in [-0.2, -0.15) is 0 Å². The molecule has 0 amide bonds. The predicted molar refractivity (Wildman–Crippen MR) is 191 cm³/mol. The third kappa shape index (κ3) is 5.64. The summed E-state index contributed by atoms with van der Waals surface area (Å²) in [4.78, 5) is 13.0. The predicted octanol–water partition coefficient (Wildman–Crippen LogP) is 4.55. The van der Waals surface area contributed by atoms with E-state index in [1.807, 2.05) is 0 Å². The van der Waals surface area contributed by atoms with Gasteiger partial charge in [-0.05, 0) is 116 Å². The molecule has 0 radical (unpaired) electrons. The van der Waals surface area contributed by atoms with Gasteiger partial charge in [0.05, 0.1) is 24.2 Å². The molecule has 17 atom stereocenters. The SMILES string of the molecule is C[C@H]1O[C@@H](O[C@H]2[C@H](O[C@H]3CC[C@]4(C)[C@H]5CC=C6[C@@H]7CC(C)(C)CC[C@]7(C(=O)O)CC[C@@]6(C)[C@]5(C)CC[C@H]4C3(C)C)OC[C@H](O)[C@@H]2O)[C@@H](O)[C@@H](O)[C@@H]1O. The topological polar surface area (TPSA) is 175 Å². The maximum atomic E-state index is 13.0. The number of aliphatic hydroxyl groups excluding tert-OH is 5. The number of hydrogen-bond donors (Lipinski definition) is 6. The van der Waals surface area contributed by atoms with Crippen LogP contribution in [0.1, 0.15) is 120 Å². The Morgan fingerprint density at radius 1 is 0.788 bits per heavy atom. The van der Waals surface area contributed by atoms with Gasteiger partial charge in [0.2, 0.25) is 0 Å². The van der Waals surface area contributed by atoms with Crippen molar-refractivity contribution in [2.24, 2.45) is 50.2 Å². The number of ether oxygens (including phenoxy) is 4. The van der Waals surface area contributed by atoms with Crippen LogP contribution in [0.15, 0.2) is 11.6 Å². The van der Waals surface area contributed by atoms with Crippen molar-refractivity contribution in [2.45, 2.75) is 181 Å². The Labute approximate surface area is 309 Å². The molecule has 6 fully saturated rings. The Morgan fingerprint density at radius 2 is 1.48 bits per heavy atom. The van der Waals surface area contributed by atoms with E-state index in [-0.39, 0.29) is 45.7 Å². The first-order chi connectivity index (χ1) is 24.1. The molecule has 0 spiro atoms. The minimum atomic E-state index is -1.58. The third-order valence-electron chi connectivity index (χ3n) is 16.8. The van der Waals surface area contributed by atoms with Gasteiger partial charge in [-0.3, -0.25) is 4.79 Å². The van der Waals surface area contributed by atoms with E-state index in [2.05, 4.69) is 54.5 Å². The molecule has 2 heterocycles. The fourth-order valence-electron chi connectivity index (χ4n) is 13.3. The first-order valence-corrected chi connectivity index (χ1v) is 20.1. The van der Waals surface area contributed by atoms with Gasteiger partial charge in [-0.25, -0.2) is 0 Å². The Kier molecular flexibility index (Phi) is 9.74. The minimum absolute atomic E-state index is 0.0146. The lowest BCUT2D eigenvalue weighted by atomic mass is 9.33. The summed E-state index contributed by atoms with van der Waals surface area (Å²) in [5.74, 6) is 0.219. The molecule has 5 aliphatic carbocycles. The molecule has 7 rings (SSSR count). The van der Waals surface area contributed by atoms with Crippen LogP contribution in [0.5, 0.6) is 0 Å². The number of carboxylic acid groups (broad SMARTS) is 1. The highest BCUT2D eigenvalue weighted by Crippen LogP contribution is 2.76. The highest BCUT2D eigenvalue weighted by Gasteiger charge is 2.69. The van der Waals surface area contributed by atoms with Gasteiger partial charge in [0.15, 0.2) is 12.6 Å². The first kappa shape index (κ1) is 39.1. The lowest BCUT2D eigenvalue weighted by Crippen LogP contribution is -2.66. The monoisotopic (exact) mass is 734 g/mol. The second-order valence-corrected chi connectivity index (χ2v) is 20.2. The van der Waals surface area contributed by atoms with Crippen LogP contribution in [0.4, 0.5) is 0 Å². The zero-order valence-corrected chi connectivity index (χ0v) is 32.6. The van der Waals surface area contributed by atoms with Crippen LogP contribution in [0.3, 0.4) is 0 Å². The van der Waals surface area contributed by atoms with Crippen LogP contribution < -0.4 is 0 Å². The first-order valence-electron chi connectivity index (χ1n) is 20.1. The number of aliphatic hydroxyl groups is 5. The Morgan fingerprint density at radius 3 is 2.17 bits per heavy atom. The van der Waals surface area contributed by atoms with Gasteiger partial charge < -0.3 is 49.6 Å². The Balaban J connectivity index is 1.13. The van der Waals surface area contributed by atoms with Crippen LogP contribution >= 0.6 is 0 Å². The fourth-order valence-corrected chi connectivity index (χ4v) is 13.3. The van der Waals surface area contributed by atoms with Crippen LogP contribution in [0, 0.1) is 50.2 Å². The quantitative estimate of drug-likeness (QED) is 0.173. The second-order valence-electron chi connectivity index (χ2n) is 20.2. The molecule has 0 aromatic heterocycles. The van der Waals surface area contributed by atoms with E-state index in [4.69, 9.17) is 18.9 Å². The van der Waals surface area contributed by atoms with Crippen molar-refractivity contribution >= 4 is 5.97 Å². The summed E-state index contributed by atoms with van der Waals surface area (Å²) in [5.41, 5.74) is 0.579. The molecular weight excluding hydrogens is 668 g/mol. The molecule has 6 N–H and O–H groups in total. The molecule has 296 valence electrons. The highest BCUT2D eigenvalue weighted by atomic mass is 16.8. The maximum Gasteiger partial charge on any atom is 0.310 e. The summed E-state index contributed by atoms with van der Waals surface area (Å²) in [5, 5.41) is 63.6. The number of rotatable bonds is 5. The molecule has 0 unspecified atom stereocenters. The van der Waals surface area contributed by atoms with E-state index >= 15 is 0 Å². The van der Waals surface area contributed by atoms with Gasteiger partial charge in [0.1, 0.15) is 36.6 Å². The number of hydrogen-bond acceptors (Lipinski definition) is 10. The molecule has 11 nitrogen and oxygen atoms in total. The lowest BCUT2D eigenvalue weighted by molar-refractivity contribution is -0.364. The highest BCUT2D eigenvalue weighted by molar-refractivity contribution is 5.76. The molecule has 7 aliphatic rings. The lowest BCUT2D eigenvalue weighted by Gasteiger charge is -2.71. The summed E-state index contributed by atoms with van der Waals surface area (Å²) in [6.07, 6.45) is -0.253. The van der Waals surface area contributed by atoms with Crippen LogP contribution in [0.25, 0.3) is 0 Å². The van der Waals surface area contributed by atoms with Gasteiger partial charge in [0, 0.05) is 0 Å². The molecule has 2 aliphatic heterocycles. The van der Waals surface area contributed by atoms with Crippen molar-refractivity contribution in [3.8, 4) is 0 Å². The zero-order valence-electron chi connectivity index (χ0n) is 32.6. The van der Waals surface area contributed by atoms with Gasteiger partial charge in [0.25, 0.3) is 0 Å². The van der Waals surface area contributed by atoms with Gasteiger partial charge in [-0.1, -0.05) is 60.1 Å². The van der Waals surface area contributed by atoms with Gasteiger partial charge in [-0.15, -0.1) is 0 Å². The van der Waals surface area contributed by atoms with Crippen molar-refractivity contribution in [1.82, 2.24) is 0 Å². The molecule has 2 saturated heterocycles. The van der Waals surface area contributed by atoms with E-state index in [0.29, 0.717) is 11.8 Å². The van der Waals surface area contributed by atoms with E-state index in [9.17, 15) is 35.4 Å². The average Bonchev–Trinajstić information content (AvgIpc) is 3.06. The minimum Gasteiger partial charge on any atom is -0.481 e. The largest absolute Gasteiger partial charge is 0.481 e. The number of fused-ring (bicyclic) bond motifs is 7. The average molecular weight is 735 g/mol. The fraction of sp³-hybridized carbons (Fsp3) is 0.927. The molecule has 0 aromatic carbocycles. The van der Waals surface area contributed by atoms with E-state index < -0.39 is 66.7 Å². The standard InChI is InChI=1S/C41H66O11/c1-21-28(43)30(45)31(46)33(50-21)52-32-29(44)24(42)20-49-34(32)51-27-12-13-38(6)25(37(27,4)5)11-14-40(8)26(38)10-9-22-23-19-36(2,3)15-17-41(23,35(47)48)18-16-39(22,40)7/h9,21,23-34,42-46H,10-20H2,1-8H3,(H,47,48)/t21-,23+,24+,25+,26-,27+,28-,29+,30+,31+,32-,33+,34+,38+,39-,40-,41+/m1/s1. The van der Waals surface area contributed by atoms with Crippen molar-refractivity contribution in [3.05, 3.63) is 11.6 Å². The third-order valence-corrected chi connectivity index (χ3v) is 16.8. The Hall–Kier alpha value is -1.15. The molecule has 0 bridgehead atoms. The van der Waals surface area contributed by atoms with Crippen LogP contribution in [0.2, 0.25) is 0 Å². The van der Waals surface area contributed by atoms with E-state index in [1.54, 1.807) is 6.92 Å². The summed E-state index contributed by atoms with van der Waals surface area (Å²) >= 11 is 0. The van der Waals surface area contributed by atoms with Crippen molar-refractivity contribution < 1.29 is 54.4 Å². The summed E-state index contributed by atoms with van der Waals surface area (Å²) < 4.78 is 24.5. The molecule has 0 aromatic rings. The zero-order chi connectivity index (χ0) is 38.0. The van der Waals surface area contributed by atoms with Gasteiger partial charge >= 0.3 is 5.97 Å². The number of carboxylic acids is 1. The van der Waals surface area contributed by atoms with Crippen LogP contribution in [-0.4, -0.2) is 105 Å².